The van der Waals surface area contributed by atoms with Gasteiger partial charge in [-0.3, -0.25) is 4.79 Å². The zero-order valence-corrected chi connectivity index (χ0v) is 17.6. The molecular formula is C24H28N4O. The van der Waals surface area contributed by atoms with E-state index in [0.717, 1.165) is 43.0 Å². The highest BCUT2D eigenvalue weighted by molar-refractivity contribution is 6.06. The molecule has 1 amide bonds. The number of nitrogens with zero attached hydrogens (tertiary/aromatic N) is 3. The Bertz CT molecular complexity index is 979. The van der Waals surface area contributed by atoms with Crippen molar-refractivity contribution in [3.8, 4) is 6.07 Å². The van der Waals surface area contributed by atoms with Crippen LogP contribution in [0.4, 0.5) is 11.4 Å². The average molecular weight is 389 g/mol. The molecule has 1 aliphatic rings. The standard InChI is InChI=1S/C24H28N4O/c1-17-7-5-9-22(19(17)3)26-24(29)21(15-25)16-27-11-13-28(14-12-27)23-10-6-8-18(2)20(23)4/h5-10,16H,11-14H2,1-4H3,(H,26,29)/b21-16-. The van der Waals surface area contributed by atoms with Gasteiger partial charge in [0.15, 0.2) is 0 Å². The minimum atomic E-state index is -0.363. The monoisotopic (exact) mass is 388 g/mol. The number of aryl methyl sites for hydroxylation is 2. The Morgan fingerprint density at radius 1 is 0.966 bits per heavy atom. The number of hydrogen-bond acceptors (Lipinski definition) is 4. The van der Waals surface area contributed by atoms with Crippen molar-refractivity contribution in [1.82, 2.24) is 4.90 Å². The summed E-state index contributed by atoms with van der Waals surface area (Å²) in [5.41, 5.74) is 6.86. The molecule has 0 saturated carbocycles. The van der Waals surface area contributed by atoms with Crippen LogP contribution in [0.2, 0.25) is 0 Å². The predicted octanol–water partition coefficient (Wildman–Crippen LogP) is 4.09. The second kappa shape index (κ2) is 8.83. The quantitative estimate of drug-likeness (QED) is 0.633. The van der Waals surface area contributed by atoms with Gasteiger partial charge in [0, 0.05) is 43.8 Å². The van der Waals surface area contributed by atoms with Crippen molar-refractivity contribution in [2.45, 2.75) is 27.7 Å². The van der Waals surface area contributed by atoms with E-state index in [1.54, 1.807) is 6.20 Å². The molecule has 1 heterocycles. The van der Waals surface area contributed by atoms with Crippen molar-refractivity contribution < 1.29 is 4.79 Å². The molecule has 1 saturated heterocycles. The zero-order valence-electron chi connectivity index (χ0n) is 17.6. The van der Waals surface area contributed by atoms with Crippen LogP contribution in [0.25, 0.3) is 0 Å². The fourth-order valence-electron chi connectivity index (χ4n) is 3.57. The first kappa shape index (κ1) is 20.5. The molecule has 0 bridgehead atoms. The summed E-state index contributed by atoms with van der Waals surface area (Å²) in [5.74, 6) is -0.363. The van der Waals surface area contributed by atoms with Crippen LogP contribution in [0, 0.1) is 39.0 Å². The number of nitrogens with one attached hydrogen (secondary N) is 1. The van der Waals surface area contributed by atoms with E-state index in [-0.39, 0.29) is 11.5 Å². The fraction of sp³-hybridized carbons (Fsp3) is 0.333. The molecule has 5 heteroatoms. The summed E-state index contributed by atoms with van der Waals surface area (Å²) in [4.78, 5) is 17.0. The van der Waals surface area contributed by atoms with Gasteiger partial charge in [-0.25, -0.2) is 0 Å². The number of hydrogen-bond donors (Lipinski definition) is 1. The molecular weight excluding hydrogens is 360 g/mol. The number of anilines is 2. The maximum atomic E-state index is 12.6. The third kappa shape index (κ3) is 4.60. The van der Waals surface area contributed by atoms with Gasteiger partial charge in [-0.15, -0.1) is 0 Å². The van der Waals surface area contributed by atoms with Crippen molar-refractivity contribution in [3.05, 3.63) is 70.4 Å². The van der Waals surface area contributed by atoms with Crippen molar-refractivity contribution >= 4 is 17.3 Å². The molecule has 0 atom stereocenters. The molecule has 5 nitrogen and oxygen atoms in total. The Morgan fingerprint density at radius 2 is 1.59 bits per heavy atom. The van der Waals surface area contributed by atoms with Crippen LogP contribution < -0.4 is 10.2 Å². The number of carbonyl (C=O) groups excluding carboxylic acids is 1. The summed E-state index contributed by atoms with van der Waals surface area (Å²) in [6.07, 6.45) is 1.70. The maximum Gasteiger partial charge on any atom is 0.267 e. The highest BCUT2D eigenvalue weighted by atomic mass is 16.1. The molecule has 2 aromatic rings. The van der Waals surface area contributed by atoms with Gasteiger partial charge in [0.25, 0.3) is 5.91 Å². The number of piperazine rings is 1. The average Bonchev–Trinajstić information content (AvgIpc) is 2.72. The Morgan fingerprint density at radius 3 is 2.24 bits per heavy atom. The first-order valence-electron chi connectivity index (χ1n) is 9.95. The van der Waals surface area contributed by atoms with E-state index in [1.807, 2.05) is 32.0 Å². The SMILES string of the molecule is Cc1cccc(NC(=O)/C(C#N)=C\N2CCN(c3cccc(C)c3C)CC2)c1C. The van der Waals surface area contributed by atoms with Gasteiger partial charge in [-0.2, -0.15) is 5.26 Å². The molecule has 2 aromatic carbocycles. The summed E-state index contributed by atoms with van der Waals surface area (Å²) in [6.45, 7) is 11.5. The van der Waals surface area contributed by atoms with E-state index in [1.165, 1.54) is 16.8 Å². The Labute approximate surface area is 173 Å². The summed E-state index contributed by atoms with van der Waals surface area (Å²) < 4.78 is 0. The number of nitriles is 1. The lowest BCUT2D eigenvalue weighted by atomic mass is 10.1. The minimum absolute atomic E-state index is 0.131. The molecule has 150 valence electrons. The van der Waals surface area contributed by atoms with Crippen molar-refractivity contribution in [1.29, 1.82) is 5.26 Å². The molecule has 0 unspecified atom stereocenters. The third-order valence-corrected chi connectivity index (χ3v) is 5.76. The molecule has 29 heavy (non-hydrogen) atoms. The summed E-state index contributed by atoms with van der Waals surface area (Å²) in [6, 6.07) is 14.2. The summed E-state index contributed by atoms with van der Waals surface area (Å²) >= 11 is 0. The zero-order chi connectivity index (χ0) is 21.0. The normalized spacial score (nSPS) is 14.5. The molecule has 1 aliphatic heterocycles. The fourth-order valence-corrected chi connectivity index (χ4v) is 3.57. The topological polar surface area (TPSA) is 59.4 Å². The van der Waals surface area contributed by atoms with Crippen LogP contribution in [0.5, 0.6) is 0 Å². The lowest BCUT2D eigenvalue weighted by Crippen LogP contribution is -2.44. The van der Waals surface area contributed by atoms with Crippen molar-refractivity contribution in [2.75, 3.05) is 36.4 Å². The second-order valence-electron chi connectivity index (χ2n) is 7.60. The largest absolute Gasteiger partial charge is 0.373 e. The van der Waals surface area contributed by atoms with Gasteiger partial charge in [0.1, 0.15) is 11.6 Å². The van der Waals surface area contributed by atoms with Gasteiger partial charge < -0.3 is 15.1 Å². The molecule has 0 aromatic heterocycles. The van der Waals surface area contributed by atoms with Crippen LogP contribution in [-0.2, 0) is 4.79 Å². The van der Waals surface area contributed by atoms with Gasteiger partial charge in [0.2, 0.25) is 0 Å². The smallest absolute Gasteiger partial charge is 0.267 e. The second-order valence-corrected chi connectivity index (χ2v) is 7.60. The first-order valence-corrected chi connectivity index (χ1v) is 9.95. The molecule has 0 spiro atoms. The van der Waals surface area contributed by atoms with Gasteiger partial charge in [-0.05, 0) is 62.1 Å². The third-order valence-electron chi connectivity index (χ3n) is 5.76. The van der Waals surface area contributed by atoms with E-state index in [2.05, 4.69) is 53.2 Å². The number of rotatable bonds is 4. The number of benzene rings is 2. The van der Waals surface area contributed by atoms with Crippen molar-refractivity contribution in [3.63, 3.8) is 0 Å². The van der Waals surface area contributed by atoms with Crippen LogP contribution in [-0.4, -0.2) is 37.0 Å². The molecule has 1 fully saturated rings. The molecule has 0 radical (unpaired) electrons. The van der Waals surface area contributed by atoms with Crippen LogP contribution in [0.15, 0.2) is 48.2 Å². The molecule has 3 rings (SSSR count). The van der Waals surface area contributed by atoms with Gasteiger partial charge in [0.05, 0.1) is 0 Å². The van der Waals surface area contributed by atoms with E-state index in [4.69, 9.17) is 0 Å². The first-order chi connectivity index (χ1) is 13.9. The highest BCUT2D eigenvalue weighted by Gasteiger charge is 2.19. The maximum absolute atomic E-state index is 12.6. The predicted molar refractivity (Wildman–Crippen MR) is 118 cm³/mol. The molecule has 0 aliphatic carbocycles. The Hall–Kier alpha value is -3.26. The highest BCUT2D eigenvalue weighted by Crippen LogP contribution is 2.24. The Kier molecular flexibility index (Phi) is 6.23. The van der Waals surface area contributed by atoms with E-state index in [9.17, 15) is 10.1 Å². The van der Waals surface area contributed by atoms with Crippen LogP contribution >= 0.6 is 0 Å². The van der Waals surface area contributed by atoms with Gasteiger partial charge >= 0.3 is 0 Å². The lowest BCUT2D eigenvalue weighted by Gasteiger charge is -2.36. The van der Waals surface area contributed by atoms with Crippen molar-refractivity contribution in [2.24, 2.45) is 0 Å². The van der Waals surface area contributed by atoms with Crippen LogP contribution in [0.1, 0.15) is 22.3 Å². The van der Waals surface area contributed by atoms with E-state index in [0.29, 0.717) is 0 Å². The summed E-state index contributed by atoms with van der Waals surface area (Å²) in [5, 5.41) is 12.4. The van der Waals surface area contributed by atoms with E-state index >= 15 is 0 Å². The van der Waals surface area contributed by atoms with Crippen LogP contribution in [0.3, 0.4) is 0 Å². The lowest BCUT2D eigenvalue weighted by molar-refractivity contribution is -0.112. The van der Waals surface area contributed by atoms with E-state index < -0.39 is 0 Å². The number of amides is 1. The minimum Gasteiger partial charge on any atom is -0.373 e. The Balaban J connectivity index is 1.66. The summed E-state index contributed by atoms with van der Waals surface area (Å²) in [7, 11) is 0. The molecule has 1 N–H and O–H groups in total. The number of carbonyl (C=O) groups is 1. The van der Waals surface area contributed by atoms with Gasteiger partial charge in [-0.1, -0.05) is 24.3 Å².